The van der Waals surface area contributed by atoms with Gasteiger partial charge in [-0.25, -0.2) is 9.78 Å². The molecule has 0 radical (unpaired) electrons. The molecule has 3 rings (SSSR count). The van der Waals surface area contributed by atoms with Gasteiger partial charge in [-0.15, -0.1) is 11.3 Å². The Balaban J connectivity index is 2.35. The van der Waals surface area contributed by atoms with Crippen LogP contribution < -0.4 is 5.73 Å². The molecule has 0 unspecified atom stereocenters. The highest BCUT2D eigenvalue weighted by molar-refractivity contribution is 7.15. The summed E-state index contributed by atoms with van der Waals surface area (Å²) >= 11 is 1.57. The lowest BCUT2D eigenvalue weighted by molar-refractivity contribution is 0.0693. The average Bonchev–Trinajstić information content (AvgIpc) is 2.92. The lowest BCUT2D eigenvalue weighted by Crippen LogP contribution is -1.97. The van der Waals surface area contributed by atoms with Gasteiger partial charge in [0.25, 0.3) is 0 Å². The maximum Gasteiger partial charge on any atom is 0.356 e. The van der Waals surface area contributed by atoms with Gasteiger partial charge in [0.1, 0.15) is 0 Å². The molecule has 5 nitrogen and oxygen atoms in total. The van der Waals surface area contributed by atoms with Crippen molar-refractivity contribution >= 4 is 28.5 Å². The number of hydrogen-bond acceptors (Lipinski definition) is 4. The second-order valence-corrected chi connectivity index (χ2v) is 5.51. The highest BCUT2D eigenvalue weighted by Crippen LogP contribution is 2.29. The fourth-order valence-corrected chi connectivity index (χ4v) is 2.84. The molecule has 0 amide bonds. The number of rotatable bonds is 2. The maximum atomic E-state index is 11.2. The highest BCUT2D eigenvalue weighted by Gasteiger charge is 2.18. The summed E-state index contributed by atoms with van der Waals surface area (Å²) in [6.45, 7) is 2.00. The number of anilines is 1. The molecule has 0 aromatic carbocycles. The molecule has 0 aliphatic rings. The van der Waals surface area contributed by atoms with Gasteiger partial charge in [0, 0.05) is 16.8 Å². The van der Waals surface area contributed by atoms with E-state index in [1.54, 1.807) is 34.1 Å². The van der Waals surface area contributed by atoms with Crippen molar-refractivity contribution in [3.05, 3.63) is 41.0 Å². The molecule has 3 aromatic heterocycles. The number of aryl methyl sites for hydroxylation is 1. The molecule has 3 aromatic rings. The van der Waals surface area contributed by atoms with Crippen LogP contribution in [0.4, 0.5) is 5.69 Å². The molecule has 6 heteroatoms. The Bertz CT molecular complexity index is 788. The predicted molar refractivity (Wildman–Crippen MR) is 74.6 cm³/mol. The van der Waals surface area contributed by atoms with Crippen molar-refractivity contribution in [3.8, 4) is 10.7 Å². The van der Waals surface area contributed by atoms with Gasteiger partial charge in [0.2, 0.25) is 0 Å². The number of nitrogens with two attached hydrogens (primary N) is 1. The molecule has 96 valence electrons. The summed E-state index contributed by atoms with van der Waals surface area (Å²) in [5.41, 5.74) is 6.92. The van der Waals surface area contributed by atoms with Gasteiger partial charge in [-0.1, -0.05) is 0 Å². The first-order valence-corrected chi connectivity index (χ1v) is 6.45. The Hall–Kier alpha value is -2.34. The largest absolute Gasteiger partial charge is 0.476 e. The van der Waals surface area contributed by atoms with Crippen molar-refractivity contribution in [1.82, 2.24) is 9.38 Å². The minimum absolute atomic E-state index is 0.0426. The number of imidazole rings is 1. The molecule has 3 N–H and O–H groups in total. The van der Waals surface area contributed by atoms with E-state index in [1.165, 1.54) is 0 Å². The Morgan fingerprint density at radius 3 is 2.79 bits per heavy atom. The number of carboxylic acid groups (broad SMARTS) is 1. The van der Waals surface area contributed by atoms with Crippen LogP contribution in [0.25, 0.3) is 16.2 Å². The van der Waals surface area contributed by atoms with Gasteiger partial charge in [-0.05, 0) is 31.2 Å². The van der Waals surface area contributed by atoms with E-state index in [0.717, 1.165) is 9.75 Å². The third-order valence-corrected chi connectivity index (χ3v) is 3.82. The van der Waals surface area contributed by atoms with Crippen LogP contribution >= 0.6 is 11.3 Å². The summed E-state index contributed by atoms with van der Waals surface area (Å²) in [4.78, 5) is 17.5. The molecule has 0 bridgehead atoms. The first-order valence-electron chi connectivity index (χ1n) is 5.64. The van der Waals surface area contributed by atoms with Crippen molar-refractivity contribution in [3.63, 3.8) is 0 Å². The molecule has 0 aliphatic carbocycles. The lowest BCUT2D eigenvalue weighted by Gasteiger charge is -2.00. The van der Waals surface area contributed by atoms with Crippen molar-refractivity contribution in [2.45, 2.75) is 6.92 Å². The molecular formula is C13H11N3O2S. The number of hydrogen-bond donors (Lipinski definition) is 2. The van der Waals surface area contributed by atoms with Crippen LogP contribution in [0.2, 0.25) is 0 Å². The van der Waals surface area contributed by atoms with Crippen molar-refractivity contribution in [2.24, 2.45) is 0 Å². The van der Waals surface area contributed by atoms with Crippen LogP contribution in [-0.4, -0.2) is 20.5 Å². The number of carbonyl (C=O) groups is 1. The van der Waals surface area contributed by atoms with Crippen LogP contribution in [0, 0.1) is 6.92 Å². The Kier molecular flexibility index (Phi) is 2.53. The highest BCUT2D eigenvalue weighted by atomic mass is 32.1. The summed E-state index contributed by atoms with van der Waals surface area (Å²) in [5, 5.41) is 9.21. The van der Waals surface area contributed by atoms with Gasteiger partial charge in [0.15, 0.2) is 11.5 Å². The first kappa shape index (κ1) is 11.7. The average molecular weight is 273 g/mol. The van der Waals surface area contributed by atoms with E-state index in [4.69, 9.17) is 5.73 Å². The minimum atomic E-state index is -1.04. The molecule has 19 heavy (non-hydrogen) atoms. The normalized spacial score (nSPS) is 11.0. The zero-order valence-corrected chi connectivity index (χ0v) is 10.9. The smallest absolute Gasteiger partial charge is 0.356 e. The number of nitrogens with zero attached hydrogens (tertiary/aromatic N) is 2. The molecule has 0 atom stereocenters. The number of aromatic carboxylic acids is 1. The van der Waals surface area contributed by atoms with Gasteiger partial charge >= 0.3 is 5.97 Å². The summed E-state index contributed by atoms with van der Waals surface area (Å²) in [5.74, 6) is -0.431. The molecular weight excluding hydrogens is 262 g/mol. The fourth-order valence-electron chi connectivity index (χ4n) is 1.99. The van der Waals surface area contributed by atoms with Gasteiger partial charge < -0.3 is 10.8 Å². The molecule has 0 saturated heterocycles. The third kappa shape index (κ3) is 1.86. The lowest BCUT2D eigenvalue weighted by atomic mass is 10.3. The predicted octanol–water partition coefficient (Wildman–Crippen LogP) is 2.65. The number of carboxylic acids is 1. The zero-order chi connectivity index (χ0) is 13.6. The van der Waals surface area contributed by atoms with Crippen LogP contribution in [-0.2, 0) is 0 Å². The SMILES string of the molecule is Cc1ccc(-c2nc(C(=O)O)c3ccc(N)cn23)s1. The molecule has 3 heterocycles. The van der Waals surface area contributed by atoms with Crippen LogP contribution in [0.5, 0.6) is 0 Å². The summed E-state index contributed by atoms with van der Waals surface area (Å²) in [6, 6.07) is 7.26. The second-order valence-electron chi connectivity index (χ2n) is 4.22. The number of fused-ring (bicyclic) bond motifs is 1. The number of nitrogen functional groups attached to an aromatic ring is 1. The molecule has 0 aliphatic heterocycles. The van der Waals surface area contributed by atoms with Crippen LogP contribution in [0.3, 0.4) is 0 Å². The number of aromatic nitrogens is 2. The van der Waals surface area contributed by atoms with E-state index < -0.39 is 5.97 Å². The van der Waals surface area contributed by atoms with E-state index >= 15 is 0 Å². The summed E-state index contributed by atoms with van der Waals surface area (Å²) < 4.78 is 1.73. The zero-order valence-electron chi connectivity index (χ0n) is 10.1. The van der Waals surface area contributed by atoms with E-state index in [2.05, 4.69) is 4.98 Å². The van der Waals surface area contributed by atoms with E-state index in [-0.39, 0.29) is 5.69 Å². The summed E-state index contributed by atoms with van der Waals surface area (Å²) in [7, 11) is 0. The molecule has 0 saturated carbocycles. The summed E-state index contributed by atoms with van der Waals surface area (Å²) in [6.07, 6.45) is 1.69. The minimum Gasteiger partial charge on any atom is -0.476 e. The fraction of sp³-hybridized carbons (Fsp3) is 0.0769. The quantitative estimate of drug-likeness (QED) is 0.752. The van der Waals surface area contributed by atoms with Gasteiger partial charge in [0.05, 0.1) is 10.4 Å². The van der Waals surface area contributed by atoms with Crippen LogP contribution in [0.1, 0.15) is 15.4 Å². The third-order valence-electron chi connectivity index (χ3n) is 2.82. The first-order chi connectivity index (χ1) is 9.06. The van der Waals surface area contributed by atoms with Crippen LogP contribution in [0.15, 0.2) is 30.5 Å². The Morgan fingerprint density at radius 2 is 2.16 bits per heavy atom. The second kappa shape index (κ2) is 4.10. The molecule has 0 spiro atoms. The van der Waals surface area contributed by atoms with Crippen molar-refractivity contribution in [1.29, 1.82) is 0 Å². The van der Waals surface area contributed by atoms with Crippen molar-refractivity contribution < 1.29 is 9.90 Å². The standard InChI is InChI=1S/C13H11N3O2S/c1-7-2-5-10(19-7)12-15-11(13(17)18)9-4-3-8(14)6-16(9)12/h2-6H,14H2,1H3,(H,17,18). The van der Waals surface area contributed by atoms with E-state index in [1.807, 2.05) is 19.1 Å². The Morgan fingerprint density at radius 1 is 1.37 bits per heavy atom. The van der Waals surface area contributed by atoms with E-state index in [9.17, 15) is 9.90 Å². The van der Waals surface area contributed by atoms with Gasteiger partial charge in [-0.3, -0.25) is 4.40 Å². The monoisotopic (exact) mass is 273 g/mol. The van der Waals surface area contributed by atoms with E-state index in [0.29, 0.717) is 17.0 Å². The number of thiophene rings is 1. The van der Waals surface area contributed by atoms with Crippen molar-refractivity contribution in [2.75, 3.05) is 5.73 Å². The maximum absolute atomic E-state index is 11.2. The van der Waals surface area contributed by atoms with Gasteiger partial charge in [-0.2, -0.15) is 0 Å². The number of pyridine rings is 1. The molecule has 0 fully saturated rings. The topological polar surface area (TPSA) is 80.6 Å². The Labute approximate surface area is 112 Å².